The smallest absolute Gasteiger partial charge is 0.274 e. The Morgan fingerprint density at radius 3 is 2.77 bits per heavy atom. The molecule has 0 aromatic rings. The minimum Gasteiger partial charge on any atom is -0.316 e. The summed E-state index contributed by atoms with van der Waals surface area (Å²) in [4.78, 5) is 0. The summed E-state index contributed by atoms with van der Waals surface area (Å²) in [5.74, 6) is 0. The summed E-state index contributed by atoms with van der Waals surface area (Å²) >= 11 is 0. The van der Waals surface area contributed by atoms with E-state index in [0.717, 1.165) is 25.9 Å². The first kappa shape index (κ1) is 10.9. The molecule has 0 aromatic heterocycles. The summed E-state index contributed by atoms with van der Waals surface area (Å²) in [6, 6.07) is 0. The lowest BCUT2D eigenvalue weighted by molar-refractivity contribution is 0.238. The highest BCUT2D eigenvalue weighted by Gasteiger charge is 2.27. The molecule has 1 rings (SSSR count). The summed E-state index contributed by atoms with van der Waals surface area (Å²) in [6.07, 6.45) is 2.12. The van der Waals surface area contributed by atoms with Crippen LogP contribution >= 0.6 is 0 Å². The van der Waals surface area contributed by atoms with Gasteiger partial charge in [0.15, 0.2) is 0 Å². The molecule has 78 valence electrons. The number of nitrogens with two attached hydrogens (primary N) is 1. The molecule has 1 saturated heterocycles. The molecule has 5 nitrogen and oxygen atoms in total. The van der Waals surface area contributed by atoms with Crippen molar-refractivity contribution in [3.8, 4) is 0 Å². The van der Waals surface area contributed by atoms with E-state index in [0.29, 0.717) is 6.54 Å². The molecular formula is C7H17N3O2S. The van der Waals surface area contributed by atoms with Gasteiger partial charge in [-0.1, -0.05) is 6.92 Å². The van der Waals surface area contributed by atoms with Crippen molar-refractivity contribution in [3.63, 3.8) is 0 Å². The first-order chi connectivity index (χ1) is 5.91. The fraction of sp³-hybridized carbons (Fsp3) is 1.00. The minimum atomic E-state index is -3.54. The van der Waals surface area contributed by atoms with Gasteiger partial charge in [0.05, 0.1) is 0 Å². The third kappa shape index (κ3) is 4.04. The van der Waals surface area contributed by atoms with Gasteiger partial charge in [0.1, 0.15) is 0 Å². The molecule has 0 aliphatic carbocycles. The Balaban J connectivity index is 2.42. The lowest BCUT2D eigenvalue weighted by atomic mass is 9.83. The summed E-state index contributed by atoms with van der Waals surface area (Å²) in [6.45, 7) is 4.33. The van der Waals surface area contributed by atoms with E-state index in [4.69, 9.17) is 5.14 Å². The number of nitrogens with one attached hydrogen (secondary N) is 2. The second-order valence-electron chi connectivity index (χ2n) is 3.96. The Bertz CT molecular complexity index is 257. The lowest BCUT2D eigenvalue weighted by Gasteiger charge is -2.33. The lowest BCUT2D eigenvalue weighted by Crippen LogP contribution is -2.47. The van der Waals surface area contributed by atoms with Crippen LogP contribution in [0.3, 0.4) is 0 Å². The van der Waals surface area contributed by atoms with Crippen LogP contribution in [-0.2, 0) is 10.2 Å². The molecular weight excluding hydrogens is 190 g/mol. The summed E-state index contributed by atoms with van der Waals surface area (Å²) in [5, 5.41) is 8.09. The molecule has 13 heavy (non-hydrogen) atoms. The predicted octanol–water partition coefficient (Wildman–Crippen LogP) is -0.831. The third-order valence-electron chi connectivity index (χ3n) is 2.39. The van der Waals surface area contributed by atoms with Gasteiger partial charge in [-0.15, -0.1) is 0 Å². The van der Waals surface area contributed by atoms with Gasteiger partial charge in [0.25, 0.3) is 10.2 Å². The van der Waals surface area contributed by atoms with Crippen molar-refractivity contribution in [1.29, 1.82) is 0 Å². The van der Waals surface area contributed by atoms with E-state index >= 15 is 0 Å². The predicted molar refractivity (Wildman–Crippen MR) is 51.3 cm³/mol. The van der Waals surface area contributed by atoms with Crippen molar-refractivity contribution in [2.75, 3.05) is 19.6 Å². The van der Waals surface area contributed by atoms with Crippen LogP contribution < -0.4 is 15.2 Å². The fourth-order valence-electron chi connectivity index (χ4n) is 1.54. The zero-order valence-corrected chi connectivity index (χ0v) is 8.65. The normalized spacial score (nSPS) is 30.3. The van der Waals surface area contributed by atoms with Crippen LogP contribution in [-0.4, -0.2) is 28.1 Å². The first-order valence-electron chi connectivity index (χ1n) is 4.39. The van der Waals surface area contributed by atoms with Gasteiger partial charge in [0, 0.05) is 13.1 Å². The van der Waals surface area contributed by atoms with Crippen LogP contribution in [0.25, 0.3) is 0 Å². The van der Waals surface area contributed by atoms with E-state index in [2.05, 4.69) is 17.0 Å². The molecule has 0 spiro atoms. The molecule has 1 atom stereocenters. The van der Waals surface area contributed by atoms with Crippen molar-refractivity contribution >= 4 is 10.2 Å². The average molecular weight is 207 g/mol. The Kier molecular flexibility index (Phi) is 3.28. The Morgan fingerprint density at radius 1 is 1.62 bits per heavy atom. The van der Waals surface area contributed by atoms with Crippen molar-refractivity contribution in [2.24, 2.45) is 10.6 Å². The van der Waals surface area contributed by atoms with Gasteiger partial charge >= 0.3 is 0 Å². The number of piperidine rings is 1. The SMILES string of the molecule is CC1(CNS(N)(=O)=O)CCCNC1. The number of hydrogen-bond donors (Lipinski definition) is 3. The maximum absolute atomic E-state index is 10.7. The monoisotopic (exact) mass is 207 g/mol. The maximum Gasteiger partial charge on any atom is 0.274 e. The van der Waals surface area contributed by atoms with Gasteiger partial charge in [-0.3, -0.25) is 0 Å². The summed E-state index contributed by atoms with van der Waals surface area (Å²) in [5.41, 5.74) is 0.00465. The summed E-state index contributed by atoms with van der Waals surface area (Å²) in [7, 11) is -3.54. The van der Waals surface area contributed by atoms with Crippen LogP contribution in [0.15, 0.2) is 0 Å². The van der Waals surface area contributed by atoms with Gasteiger partial charge in [-0.05, 0) is 24.8 Å². The largest absolute Gasteiger partial charge is 0.316 e. The van der Waals surface area contributed by atoms with E-state index in [1.165, 1.54) is 0 Å². The molecule has 0 amide bonds. The van der Waals surface area contributed by atoms with Gasteiger partial charge < -0.3 is 5.32 Å². The van der Waals surface area contributed by atoms with Crippen LogP contribution in [0.2, 0.25) is 0 Å². The molecule has 1 aliphatic heterocycles. The zero-order chi connectivity index (χ0) is 9.95. The van der Waals surface area contributed by atoms with Gasteiger partial charge in [0.2, 0.25) is 0 Å². The second kappa shape index (κ2) is 3.91. The van der Waals surface area contributed by atoms with E-state index in [-0.39, 0.29) is 5.41 Å². The molecule has 0 radical (unpaired) electrons. The Morgan fingerprint density at radius 2 is 2.31 bits per heavy atom. The quantitative estimate of drug-likeness (QED) is 0.564. The van der Waals surface area contributed by atoms with Crippen molar-refractivity contribution in [2.45, 2.75) is 19.8 Å². The van der Waals surface area contributed by atoms with Crippen molar-refractivity contribution in [3.05, 3.63) is 0 Å². The fourth-order valence-corrected chi connectivity index (χ4v) is 2.09. The molecule has 6 heteroatoms. The second-order valence-corrected chi connectivity index (χ2v) is 5.34. The summed E-state index contributed by atoms with van der Waals surface area (Å²) < 4.78 is 23.7. The molecule has 0 saturated carbocycles. The molecule has 1 fully saturated rings. The Hall–Kier alpha value is -0.170. The maximum atomic E-state index is 10.7. The average Bonchev–Trinajstić information content (AvgIpc) is 2.02. The molecule has 1 heterocycles. The molecule has 0 aromatic carbocycles. The van der Waals surface area contributed by atoms with E-state index in [1.807, 2.05) is 0 Å². The Labute approximate surface area is 79.3 Å². The molecule has 1 aliphatic rings. The number of hydrogen-bond acceptors (Lipinski definition) is 3. The van der Waals surface area contributed by atoms with Crippen LogP contribution in [0, 0.1) is 5.41 Å². The molecule has 4 N–H and O–H groups in total. The van der Waals surface area contributed by atoms with E-state index in [1.54, 1.807) is 0 Å². The van der Waals surface area contributed by atoms with E-state index < -0.39 is 10.2 Å². The van der Waals surface area contributed by atoms with Gasteiger partial charge in [-0.2, -0.15) is 8.42 Å². The zero-order valence-electron chi connectivity index (χ0n) is 7.84. The number of rotatable bonds is 3. The van der Waals surface area contributed by atoms with Crippen molar-refractivity contribution in [1.82, 2.24) is 10.0 Å². The van der Waals surface area contributed by atoms with Crippen LogP contribution in [0.1, 0.15) is 19.8 Å². The third-order valence-corrected chi connectivity index (χ3v) is 2.93. The highest BCUT2D eigenvalue weighted by molar-refractivity contribution is 7.87. The molecule has 1 unspecified atom stereocenters. The highest BCUT2D eigenvalue weighted by atomic mass is 32.2. The van der Waals surface area contributed by atoms with Crippen LogP contribution in [0.4, 0.5) is 0 Å². The van der Waals surface area contributed by atoms with Gasteiger partial charge in [-0.25, -0.2) is 9.86 Å². The van der Waals surface area contributed by atoms with Crippen molar-refractivity contribution < 1.29 is 8.42 Å². The standard InChI is InChI=1S/C7H17N3O2S/c1-7(3-2-4-9-5-7)6-10-13(8,11)12/h9-10H,2-6H2,1H3,(H2,8,11,12). The van der Waals surface area contributed by atoms with E-state index in [9.17, 15) is 8.42 Å². The topological polar surface area (TPSA) is 84.2 Å². The first-order valence-corrected chi connectivity index (χ1v) is 5.94. The molecule has 0 bridgehead atoms. The minimum absolute atomic E-state index is 0.00465. The van der Waals surface area contributed by atoms with Crippen LogP contribution in [0.5, 0.6) is 0 Å². The highest BCUT2D eigenvalue weighted by Crippen LogP contribution is 2.24.